The Kier molecular flexibility index (Phi) is 3.61. The number of ether oxygens (including phenoxy) is 1. The number of carbonyl (C=O) groups excluding carboxylic acids is 1. The topological polar surface area (TPSA) is 69.0 Å². The molecule has 7 heteroatoms. The van der Waals surface area contributed by atoms with Crippen molar-refractivity contribution in [2.24, 2.45) is 0 Å². The van der Waals surface area contributed by atoms with E-state index in [2.05, 4.69) is 31.3 Å². The van der Waals surface area contributed by atoms with E-state index in [0.29, 0.717) is 11.2 Å². The van der Waals surface area contributed by atoms with E-state index in [1.165, 1.54) is 0 Å². The van der Waals surface area contributed by atoms with Crippen LogP contribution in [0.15, 0.2) is 4.73 Å². The molecule has 0 radical (unpaired) electrons. The third-order valence-electron chi connectivity index (χ3n) is 2.56. The predicted molar refractivity (Wildman–Crippen MR) is 69.2 cm³/mol. The second kappa shape index (κ2) is 4.87. The van der Waals surface area contributed by atoms with Gasteiger partial charge in [0.15, 0.2) is 0 Å². The lowest BCUT2D eigenvalue weighted by atomic mass is 10.1. The van der Waals surface area contributed by atoms with Gasteiger partial charge in [-0.25, -0.2) is 14.5 Å². The van der Waals surface area contributed by atoms with Gasteiger partial charge in [-0.2, -0.15) is 0 Å². The van der Waals surface area contributed by atoms with Gasteiger partial charge in [-0.05, 0) is 43.1 Å². The van der Waals surface area contributed by atoms with E-state index < -0.39 is 5.60 Å². The maximum absolute atomic E-state index is 11.7. The van der Waals surface area contributed by atoms with Gasteiger partial charge in [0, 0.05) is 19.0 Å². The Labute approximate surface area is 114 Å². The zero-order valence-corrected chi connectivity index (χ0v) is 12.3. The Hall–Kier alpha value is -1.11. The lowest BCUT2D eigenvalue weighted by molar-refractivity contribution is 0.0496. The third-order valence-corrected chi connectivity index (χ3v) is 2.90. The first kappa shape index (κ1) is 13.3. The van der Waals surface area contributed by atoms with Crippen LogP contribution in [0.2, 0.25) is 0 Å². The fraction of sp³-hybridized carbons (Fsp3) is 0.727. The van der Waals surface area contributed by atoms with E-state index >= 15 is 0 Å². The highest BCUT2D eigenvalue weighted by Crippen LogP contribution is 2.16. The van der Waals surface area contributed by atoms with E-state index in [0.717, 1.165) is 18.8 Å². The largest absolute Gasteiger partial charge is 0.444 e. The van der Waals surface area contributed by atoms with Crippen molar-refractivity contribution in [3.63, 3.8) is 0 Å². The van der Waals surface area contributed by atoms with Crippen LogP contribution in [0.25, 0.3) is 0 Å². The number of carbonyl (C=O) groups is 1. The molecule has 18 heavy (non-hydrogen) atoms. The summed E-state index contributed by atoms with van der Waals surface area (Å²) in [6.07, 6.45) is 1.14. The summed E-state index contributed by atoms with van der Waals surface area (Å²) in [5, 5.41) is 7.07. The molecule has 0 fully saturated rings. The number of alkyl carbamates (subject to hydrolysis) is 1. The van der Waals surface area contributed by atoms with Crippen molar-refractivity contribution in [1.82, 2.24) is 20.1 Å². The molecule has 0 saturated carbocycles. The van der Waals surface area contributed by atoms with E-state index in [1.807, 2.05) is 25.5 Å². The average molecular weight is 317 g/mol. The Morgan fingerprint density at radius 1 is 1.56 bits per heavy atom. The highest BCUT2D eigenvalue weighted by Gasteiger charge is 2.25. The summed E-state index contributed by atoms with van der Waals surface area (Å²) in [4.78, 5) is 15.9. The lowest BCUT2D eigenvalue weighted by Crippen LogP contribution is -2.43. The number of halogens is 1. The molecule has 1 aromatic heterocycles. The molecule has 0 aromatic carbocycles. The highest BCUT2D eigenvalue weighted by atomic mass is 79.9. The molecule has 100 valence electrons. The number of fused-ring (bicyclic) bond motifs is 1. The zero-order valence-electron chi connectivity index (χ0n) is 10.7. The molecule has 1 aliphatic heterocycles. The third kappa shape index (κ3) is 3.44. The minimum atomic E-state index is -0.470. The van der Waals surface area contributed by atoms with Gasteiger partial charge in [-0.15, -0.1) is 5.10 Å². The predicted octanol–water partition coefficient (Wildman–Crippen LogP) is 1.88. The van der Waals surface area contributed by atoms with Crippen molar-refractivity contribution in [2.75, 3.05) is 0 Å². The van der Waals surface area contributed by atoms with E-state index in [1.54, 1.807) is 0 Å². The molecule has 6 nitrogen and oxygen atoms in total. The molecule has 1 unspecified atom stereocenters. The lowest BCUT2D eigenvalue weighted by Gasteiger charge is -2.25. The SMILES string of the molecule is CC(C)(C)OC(=O)NC1CCn2nc(Br)nc2C1. The molecule has 1 N–H and O–H groups in total. The Bertz CT molecular complexity index is 452. The number of rotatable bonds is 1. The molecule has 0 saturated heterocycles. The molecule has 1 amide bonds. The fourth-order valence-electron chi connectivity index (χ4n) is 1.87. The van der Waals surface area contributed by atoms with Crippen molar-refractivity contribution in [3.05, 3.63) is 10.6 Å². The maximum Gasteiger partial charge on any atom is 0.407 e. The average Bonchev–Trinajstić information content (AvgIpc) is 2.53. The molecule has 2 heterocycles. The molecule has 0 bridgehead atoms. The van der Waals surface area contributed by atoms with Crippen LogP contribution < -0.4 is 5.32 Å². The summed E-state index contributed by atoms with van der Waals surface area (Å²) < 4.78 is 7.68. The Morgan fingerprint density at radius 2 is 2.28 bits per heavy atom. The van der Waals surface area contributed by atoms with Crippen molar-refractivity contribution in [2.45, 2.75) is 51.8 Å². The molecule has 1 atom stereocenters. The van der Waals surface area contributed by atoms with Crippen LogP contribution in [-0.2, 0) is 17.7 Å². The van der Waals surface area contributed by atoms with Crippen LogP contribution in [0, 0.1) is 0 Å². The van der Waals surface area contributed by atoms with E-state index in [-0.39, 0.29) is 12.1 Å². The number of hydrogen-bond donors (Lipinski definition) is 1. The van der Waals surface area contributed by atoms with E-state index in [4.69, 9.17) is 4.74 Å². The second-order valence-corrected chi connectivity index (χ2v) is 6.07. The van der Waals surface area contributed by atoms with Gasteiger partial charge < -0.3 is 10.1 Å². The standard InChI is InChI=1S/C11H17BrN4O2/c1-11(2,3)18-10(17)13-7-4-5-16-8(6-7)14-9(12)15-16/h7H,4-6H2,1-3H3,(H,13,17). The van der Waals surface area contributed by atoms with Gasteiger partial charge >= 0.3 is 6.09 Å². The number of hydrogen-bond acceptors (Lipinski definition) is 4. The molecular formula is C11H17BrN4O2. The second-order valence-electron chi connectivity index (χ2n) is 5.36. The highest BCUT2D eigenvalue weighted by molar-refractivity contribution is 9.10. The maximum atomic E-state index is 11.7. The van der Waals surface area contributed by atoms with Crippen LogP contribution in [0.4, 0.5) is 4.79 Å². The summed E-state index contributed by atoms with van der Waals surface area (Å²) in [6.45, 7) is 6.30. The van der Waals surface area contributed by atoms with Crippen LogP contribution in [0.3, 0.4) is 0 Å². The quantitative estimate of drug-likeness (QED) is 0.859. The number of amides is 1. The Balaban J connectivity index is 1.91. The molecule has 0 spiro atoms. The fourth-order valence-corrected chi connectivity index (χ4v) is 2.27. The monoisotopic (exact) mass is 316 g/mol. The van der Waals surface area contributed by atoms with Gasteiger partial charge in [0.05, 0.1) is 0 Å². The minimum Gasteiger partial charge on any atom is -0.444 e. The Morgan fingerprint density at radius 3 is 2.94 bits per heavy atom. The van der Waals surface area contributed by atoms with Crippen molar-refractivity contribution in [3.8, 4) is 0 Å². The van der Waals surface area contributed by atoms with Crippen LogP contribution >= 0.6 is 15.9 Å². The molecular weight excluding hydrogens is 300 g/mol. The van der Waals surface area contributed by atoms with Gasteiger partial charge in [0.25, 0.3) is 0 Å². The number of nitrogens with one attached hydrogen (secondary N) is 1. The zero-order chi connectivity index (χ0) is 13.3. The molecule has 2 rings (SSSR count). The van der Waals surface area contributed by atoms with Crippen molar-refractivity contribution in [1.29, 1.82) is 0 Å². The van der Waals surface area contributed by atoms with Crippen LogP contribution in [0.1, 0.15) is 33.0 Å². The molecule has 0 aliphatic carbocycles. The van der Waals surface area contributed by atoms with Crippen molar-refractivity contribution >= 4 is 22.0 Å². The summed E-state index contributed by atoms with van der Waals surface area (Å²) in [6, 6.07) is 0.0587. The smallest absolute Gasteiger partial charge is 0.407 e. The van der Waals surface area contributed by atoms with Crippen LogP contribution in [0.5, 0.6) is 0 Å². The first-order valence-electron chi connectivity index (χ1n) is 5.92. The first-order chi connectivity index (χ1) is 8.33. The van der Waals surface area contributed by atoms with Crippen LogP contribution in [-0.4, -0.2) is 32.5 Å². The molecule has 1 aliphatic rings. The first-order valence-corrected chi connectivity index (χ1v) is 6.71. The van der Waals surface area contributed by atoms with Crippen molar-refractivity contribution < 1.29 is 9.53 Å². The van der Waals surface area contributed by atoms with Gasteiger partial charge in [-0.1, -0.05) is 0 Å². The summed E-state index contributed by atoms with van der Waals surface area (Å²) in [5.74, 6) is 0.884. The van der Waals surface area contributed by atoms with Gasteiger partial charge in [0.2, 0.25) is 4.73 Å². The normalized spacial score (nSPS) is 19.2. The summed E-state index contributed by atoms with van der Waals surface area (Å²) in [7, 11) is 0. The van der Waals surface area contributed by atoms with Gasteiger partial charge in [-0.3, -0.25) is 0 Å². The number of aryl methyl sites for hydroxylation is 1. The number of aromatic nitrogens is 3. The summed E-state index contributed by atoms with van der Waals surface area (Å²) in [5.41, 5.74) is -0.470. The van der Waals surface area contributed by atoms with E-state index in [9.17, 15) is 4.79 Å². The van der Waals surface area contributed by atoms with Gasteiger partial charge in [0.1, 0.15) is 11.4 Å². The molecule has 1 aromatic rings. The minimum absolute atomic E-state index is 0.0587. The number of nitrogens with zero attached hydrogens (tertiary/aromatic N) is 3. The summed E-state index contributed by atoms with van der Waals surface area (Å²) >= 11 is 3.25.